The Balaban J connectivity index is 1.32. The molecular formula is C27H25N5O4S. The summed E-state index contributed by atoms with van der Waals surface area (Å²) in [5.74, 6) is 0.0751. The molecule has 0 unspecified atom stereocenters. The highest BCUT2D eigenvalue weighted by atomic mass is 32.2. The van der Waals surface area contributed by atoms with E-state index in [0.717, 1.165) is 22.2 Å². The number of nitrogens with one attached hydrogen (secondary N) is 2. The quantitative estimate of drug-likeness (QED) is 0.410. The van der Waals surface area contributed by atoms with Gasteiger partial charge < -0.3 is 9.88 Å². The number of carbonyl (C=O) groups excluding carboxylic acids is 2. The van der Waals surface area contributed by atoms with Gasteiger partial charge in [-0.2, -0.15) is 4.72 Å². The van der Waals surface area contributed by atoms with Gasteiger partial charge in [0, 0.05) is 25.2 Å². The maximum Gasteiger partial charge on any atom is 0.247 e. The van der Waals surface area contributed by atoms with Crippen LogP contribution in [0.4, 0.5) is 11.6 Å². The number of hydrogen-bond acceptors (Lipinski definition) is 5. The van der Waals surface area contributed by atoms with Crippen molar-refractivity contribution in [1.29, 1.82) is 0 Å². The second-order valence-electron chi connectivity index (χ2n) is 9.27. The van der Waals surface area contributed by atoms with Crippen molar-refractivity contribution in [2.24, 2.45) is 0 Å². The molecule has 188 valence electrons. The maximum atomic E-state index is 13.9. The molecule has 0 saturated carbocycles. The maximum absolute atomic E-state index is 13.9. The van der Waals surface area contributed by atoms with Crippen LogP contribution in [-0.4, -0.2) is 42.4 Å². The Morgan fingerprint density at radius 1 is 1.00 bits per heavy atom. The smallest absolute Gasteiger partial charge is 0.247 e. The summed E-state index contributed by atoms with van der Waals surface area (Å²) < 4.78 is 31.7. The molecule has 4 aromatic rings. The van der Waals surface area contributed by atoms with Crippen LogP contribution >= 0.6 is 0 Å². The van der Waals surface area contributed by atoms with Crippen molar-refractivity contribution in [2.45, 2.75) is 36.7 Å². The Bertz CT molecular complexity index is 1630. The standard InChI is InChI=1S/C27H25N5O4S/c33-25-13-10-19-17-20(11-12-21(19)28-25)37(35,36)30-23(16-18-6-2-1-3-7-18)26(34)32-15-14-31-24-9-5-4-8-22(24)29-27(31)32/h1-9,11-12,17,23,30H,10,13-16H2,(H,28,33)/t23-/m0/s1. The van der Waals surface area contributed by atoms with Gasteiger partial charge in [0.2, 0.25) is 27.8 Å². The molecule has 37 heavy (non-hydrogen) atoms. The molecule has 2 aliphatic rings. The number of nitrogens with zero attached hydrogens (tertiary/aromatic N) is 3. The van der Waals surface area contributed by atoms with E-state index in [0.29, 0.717) is 37.6 Å². The third kappa shape index (κ3) is 4.38. The van der Waals surface area contributed by atoms with Crippen molar-refractivity contribution >= 4 is 44.5 Å². The van der Waals surface area contributed by atoms with Crippen LogP contribution in [0.3, 0.4) is 0 Å². The van der Waals surface area contributed by atoms with Crippen LogP contribution in [0, 0.1) is 0 Å². The highest BCUT2D eigenvalue weighted by Crippen LogP contribution is 2.29. The number of rotatable bonds is 6. The van der Waals surface area contributed by atoms with E-state index in [2.05, 4.69) is 15.0 Å². The van der Waals surface area contributed by atoms with Crippen molar-refractivity contribution in [3.05, 3.63) is 83.9 Å². The van der Waals surface area contributed by atoms with E-state index in [9.17, 15) is 18.0 Å². The second kappa shape index (κ2) is 9.13. The Kier molecular flexibility index (Phi) is 5.77. The molecule has 0 radical (unpaired) electrons. The molecule has 6 rings (SSSR count). The van der Waals surface area contributed by atoms with Crippen LogP contribution in [0.2, 0.25) is 0 Å². The van der Waals surface area contributed by atoms with Crippen molar-refractivity contribution < 1.29 is 18.0 Å². The average Bonchev–Trinajstić information content (AvgIpc) is 3.47. The number of carbonyl (C=O) groups is 2. The van der Waals surface area contributed by atoms with Gasteiger partial charge >= 0.3 is 0 Å². The lowest BCUT2D eigenvalue weighted by Crippen LogP contribution is -2.49. The first kappa shape index (κ1) is 23.4. The van der Waals surface area contributed by atoms with E-state index < -0.39 is 16.1 Å². The van der Waals surface area contributed by atoms with Gasteiger partial charge in [-0.05, 0) is 54.3 Å². The molecule has 3 aromatic carbocycles. The van der Waals surface area contributed by atoms with Crippen LogP contribution < -0.4 is 14.9 Å². The number of aryl methyl sites for hydroxylation is 1. The number of amides is 2. The number of fused-ring (bicyclic) bond motifs is 4. The SMILES string of the molecule is O=C1CCc2cc(S(=O)(=O)N[C@@H](Cc3ccccc3)C(=O)N3CCn4c3nc3ccccc34)ccc2N1. The first-order valence-corrected chi connectivity index (χ1v) is 13.6. The molecular weight excluding hydrogens is 490 g/mol. The van der Waals surface area contributed by atoms with Crippen molar-refractivity contribution in [2.75, 3.05) is 16.8 Å². The van der Waals surface area contributed by atoms with Crippen molar-refractivity contribution in [3.8, 4) is 0 Å². The summed E-state index contributed by atoms with van der Waals surface area (Å²) >= 11 is 0. The Hall–Kier alpha value is -4.02. The molecule has 9 nitrogen and oxygen atoms in total. The summed E-state index contributed by atoms with van der Waals surface area (Å²) in [7, 11) is -4.04. The minimum atomic E-state index is -4.04. The Morgan fingerprint density at radius 2 is 1.78 bits per heavy atom. The van der Waals surface area contributed by atoms with Gasteiger partial charge in [-0.3, -0.25) is 14.5 Å². The first-order valence-electron chi connectivity index (χ1n) is 12.1. The average molecular weight is 516 g/mol. The molecule has 0 saturated heterocycles. The van der Waals surface area contributed by atoms with Crippen LogP contribution in [0.25, 0.3) is 11.0 Å². The van der Waals surface area contributed by atoms with Gasteiger partial charge in [-0.15, -0.1) is 0 Å². The zero-order chi connectivity index (χ0) is 25.6. The van der Waals surface area contributed by atoms with E-state index in [4.69, 9.17) is 0 Å². The number of aromatic nitrogens is 2. The lowest BCUT2D eigenvalue weighted by atomic mass is 10.0. The molecule has 2 amide bonds. The zero-order valence-corrected chi connectivity index (χ0v) is 20.7. The predicted octanol–water partition coefficient (Wildman–Crippen LogP) is 2.86. The van der Waals surface area contributed by atoms with Crippen LogP contribution in [0.15, 0.2) is 77.7 Å². The number of anilines is 2. The number of sulfonamides is 1. The highest BCUT2D eigenvalue weighted by Gasteiger charge is 2.35. The van der Waals surface area contributed by atoms with Crippen molar-refractivity contribution in [3.63, 3.8) is 0 Å². The normalized spacial score (nSPS) is 15.8. The summed E-state index contributed by atoms with van der Waals surface area (Å²) in [6, 6.07) is 20.6. The number of imidazole rings is 1. The summed E-state index contributed by atoms with van der Waals surface area (Å²) in [6.45, 7) is 1.00. The fourth-order valence-corrected chi connectivity index (χ4v) is 6.24. The molecule has 1 aromatic heterocycles. The van der Waals surface area contributed by atoms with Crippen LogP contribution in [0.1, 0.15) is 17.5 Å². The van der Waals surface area contributed by atoms with Crippen molar-refractivity contribution in [1.82, 2.24) is 14.3 Å². The molecule has 0 bridgehead atoms. The van der Waals surface area contributed by atoms with E-state index in [-0.39, 0.29) is 23.1 Å². The van der Waals surface area contributed by atoms with E-state index in [1.165, 1.54) is 6.07 Å². The number of para-hydroxylation sites is 2. The molecule has 3 heterocycles. The fraction of sp³-hybridized carbons (Fsp3) is 0.222. The highest BCUT2D eigenvalue weighted by molar-refractivity contribution is 7.89. The van der Waals surface area contributed by atoms with Gasteiger partial charge in [0.1, 0.15) is 6.04 Å². The monoisotopic (exact) mass is 515 g/mol. The largest absolute Gasteiger partial charge is 0.326 e. The minimum Gasteiger partial charge on any atom is -0.326 e. The van der Waals surface area contributed by atoms with Gasteiger partial charge in [0.25, 0.3) is 0 Å². The minimum absolute atomic E-state index is 0.0573. The molecule has 0 aliphatic carbocycles. The summed E-state index contributed by atoms with van der Waals surface area (Å²) in [4.78, 5) is 31.8. The Morgan fingerprint density at radius 3 is 2.62 bits per heavy atom. The van der Waals surface area contributed by atoms with Crippen LogP contribution in [-0.2, 0) is 39.0 Å². The van der Waals surface area contributed by atoms with E-state index in [1.807, 2.05) is 59.2 Å². The lowest BCUT2D eigenvalue weighted by molar-refractivity contribution is -0.120. The number of benzene rings is 3. The van der Waals surface area contributed by atoms with E-state index >= 15 is 0 Å². The van der Waals surface area contributed by atoms with Gasteiger partial charge in [0.15, 0.2) is 0 Å². The van der Waals surface area contributed by atoms with E-state index in [1.54, 1.807) is 17.0 Å². The predicted molar refractivity (Wildman–Crippen MR) is 140 cm³/mol. The third-order valence-corrected chi connectivity index (χ3v) is 8.32. The summed E-state index contributed by atoms with van der Waals surface area (Å²) in [5.41, 5.74) is 3.93. The van der Waals surface area contributed by atoms with Crippen LogP contribution in [0.5, 0.6) is 0 Å². The van der Waals surface area contributed by atoms with Gasteiger partial charge in [-0.1, -0.05) is 42.5 Å². The molecule has 2 aliphatic heterocycles. The third-order valence-electron chi connectivity index (χ3n) is 6.85. The molecule has 0 fully saturated rings. The summed E-state index contributed by atoms with van der Waals surface area (Å²) in [5, 5.41) is 2.76. The second-order valence-corrected chi connectivity index (χ2v) is 11.0. The Labute approximate surface area is 214 Å². The fourth-order valence-electron chi connectivity index (χ4n) is 5.00. The zero-order valence-electron chi connectivity index (χ0n) is 19.9. The summed E-state index contributed by atoms with van der Waals surface area (Å²) in [6.07, 6.45) is 0.951. The lowest BCUT2D eigenvalue weighted by Gasteiger charge is -2.24. The topological polar surface area (TPSA) is 113 Å². The number of hydrogen-bond donors (Lipinski definition) is 2. The first-order chi connectivity index (χ1) is 17.9. The molecule has 0 spiro atoms. The van der Waals surface area contributed by atoms with Gasteiger partial charge in [0.05, 0.1) is 15.9 Å². The molecule has 10 heteroatoms. The molecule has 1 atom stereocenters. The molecule has 2 N–H and O–H groups in total. The van der Waals surface area contributed by atoms with Gasteiger partial charge in [-0.25, -0.2) is 13.4 Å².